The molecule has 0 aliphatic carbocycles. The SMILES string of the molecule is CC(C)CNCc1ccc(N(C)CCC(F)(F)F)cc1. The monoisotopic (exact) mass is 288 g/mol. The van der Waals surface area contributed by atoms with E-state index in [1.165, 1.54) is 0 Å². The van der Waals surface area contributed by atoms with Gasteiger partial charge in [-0.25, -0.2) is 0 Å². The van der Waals surface area contributed by atoms with Crippen molar-refractivity contribution in [1.82, 2.24) is 5.32 Å². The molecule has 0 aliphatic heterocycles. The molecule has 0 fully saturated rings. The van der Waals surface area contributed by atoms with Gasteiger partial charge in [-0.2, -0.15) is 13.2 Å². The molecule has 0 saturated heterocycles. The lowest BCUT2D eigenvalue weighted by molar-refractivity contribution is -0.132. The van der Waals surface area contributed by atoms with Crippen LogP contribution >= 0.6 is 0 Å². The van der Waals surface area contributed by atoms with E-state index in [2.05, 4.69) is 19.2 Å². The Bertz CT molecular complexity index is 385. The first-order valence-electron chi connectivity index (χ1n) is 6.85. The standard InChI is InChI=1S/C15H23F3N2/c1-12(2)10-19-11-13-4-6-14(7-5-13)20(3)9-8-15(16,17)18/h4-7,12,19H,8-11H2,1-3H3. The zero-order valence-electron chi connectivity index (χ0n) is 12.3. The van der Waals surface area contributed by atoms with E-state index in [4.69, 9.17) is 0 Å². The van der Waals surface area contributed by atoms with Crippen LogP contribution in [0.15, 0.2) is 24.3 Å². The second kappa shape index (κ2) is 7.53. The number of nitrogens with zero attached hydrogens (tertiary/aromatic N) is 1. The molecule has 1 aromatic rings. The normalized spacial score (nSPS) is 11.9. The van der Waals surface area contributed by atoms with Gasteiger partial charge in [0.25, 0.3) is 0 Å². The summed E-state index contributed by atoms with van der Waals surface area (Å²) in [7, 11) is 1.68. The molecule has 1 N–H and O–H groups in total. The molecular weight excluding hydrogens is 265 g/mol. The van der Waals surface area contributed by atoms with E-state index in [0.717, 1.165) is 24.3 Å². The lowest BCUT2D eigenvalue weighted by Gasteiger charge is -2.20. The van der Waals surface area contributed by atoms with Gasteiger partial charge in [0, 0.05) is 25.8 Å². The molecular formula is C15H23F3N2. The van der Waals surface area contributed by atoms with E-state index in [9.17, 15) is 13.2 Å². The van der Waals surface area contributed by atoms with Crippen molar-refractivity contribution in [1.29, 1.82) is 0 Å². The number of alkyl halides is 3. The Kier molecular flexibility index (Phi) is 6.33. The fourth-order valence-corrected chi connectivity index (χ4v) is 1.80. The number of rotatable bonds is 7. The molecule has 0 bridgehead atoms. The van der Waals surface area contributed by atoms with Crippen LogP contribution in [0.2, 0.25) is 0 Å². The minimum Gasteiger partial charge on any atom is -0.374 e. The van der Waals surface area contributed by atoms with Gasteiger partial charge in [0.05, 0.1) is 6.42 Å². The van der Waals surface area contributed by atoms with E-state index in [1.54, 1.807) is 11.9 Å². The van der Waals surface area contributed by atoms with E-state index < -0.39 is 12.6 Å². The zero-order chi connectivity index (χ0) is 15.2. The number of anilines is 1. The Morgan fingerprint density at radius 1 is 1.15 bits per heavy atom. The van der Waals surface area contributed by atoms with Gasteiger partial charge in [-0.1, -0.05) is 26.0 Å². The van der Waals surface area contributed by atoms with Crippen LogP contribution in [0.4, 0.5) is 18.9 Å². The summed E-state index contributed by atoms with van der Waals surface area (Å²) >= 11 is 0. The molecule has 0 atom stereocenters. The Morgan fingerprint density at radius 2 is 1.75 bits per heavy atom. The van der Waals surface area contributed by atoms with E-state index in [0.29, 0.717) is 5.92 Å². The van der Waals surface area contributed by atoms with Crippen molar-refractivity contribution in [3.63, 3.8) is 0 Å². The minimum absolute atomic E-state index is 0.0194. The quantitative estimate of drug-likeness (QED) is 0.820. The second-order valence-electron chi connectivity index (χ2n) is 5.48. The third-order valence-electron chi connectivity index (χ3n) is 2.99. The average molecular weight is 288 g/mol. The van der Waals surface area contributed by atoms with Gasteiger partial charge in [0.2, 0.25) is 0 Å². The fourth-order valence-electron chi connectivity index (χ4n) is 1.80. The lowest BCUT2D eigenvalue weighted by atomic mass is 10.1. The Labute approximate surface area is 119 Å². The fraction of sp³-hybridized carbons (Fsp3) is 0.600. The summed E-state index contributed by atoms with van der Waals surface area (Å²) in [4.78, 5) is 1.62. The van der Waals surface area contributed by atoms with Crippen LogP contribution in [-0.2, 0) is 6.54 Å². The number of benzene rings is 1. The molecule has 114 valence electrons. The minimum atomic E-state index is -4.10. The molecule has 1 aromatic carbocycles. The molecule has 5 heteroatoms. The van der Waals surface area contributed by atoms with Crippen LogP contribution < -0.4 is 10.2 Å². The highest BCUT2D eigenvalue weighted by Gasteiger charge is 2.27. The summed E-state index contributed by atoms with van der Waals surface area (Å²) in [6, 6.07) is 7.63. The van der Waals surface area contributed by atoms with Crippen LogP contribution in [0.1, 0.15) is 25.8 Å². The first kappa shape index (κ1) is 16.8. The van der Waals surface area contributed by atoms with Crippen molar-refractivity contribution in [2.45, 2.75) is 33.0 Å². The Hall–Kier alpha value is -1.23. The molecule has 0 heterocycles. The van der Waals surface area contributed by atoms with Gasteiger partial charge >= 0.3 is 6.18 Å². The van der Waals surface area contributed by atoms with Crippen LogP contribution in [-0.4, -0.2) is 26.3 Å². The smallest absolute Gasteiger partial charge is 0.374 e. The maximum Gasteiger partial charge on any atom is 0.390 e. The van der Waals surface area contributed by atoms with Crippen molar-refractivity contribution in [2.75, 3.05) is 25.0 Å². The molecule has 0 aliphatic rings. The van der Waals surface area contributed by atoms with Gasteiger partial charge in [0.1, 0.15) is 0 Å². The van der Waals surface area contributed by atoms with Crippen molar-refractivity contribution in [3.05, 3.63) is 29.8 Å². The summed E-state index contributed by atoms with van der Waals surface area (Å²) in [5.41, 5.74) is 1.94. The van der Waals surface area contributed by atoms with Crippen molar-refractivity contribution < 1.29 is 13.2 Å². The molecule has 20 heavy (non-hydrogen) atoms. The maximum absolute atomic E-state index is 12.2. The topological polar surface area (TPSA) is 15.3 Å². The Morgan fingerprint density at radius 3 is 2.25 bits per heavy atom. The van der Waals surface area contributed by atoms with Gasteiger partial charge < -0.3 is 10.2 Å². The van der Waals surface area contributed by atoms with E-state index >= 15 is 0 Å². The number of hydrogen-bond donors (Lipinski definition) is 1. The van der Waals surface area contributed by atoms with E-state index in [1.807, 2.05) is 24.3 Å². The highest BCUT2D eigenvalue weighted by atomic mass is 19.4. The van der Waals surface area contributed by atoms with Gasteiger partial charge in [-0.05, 0) is 30.2 Å². The van der Waals surface area contributed by atoms with Crippen LogP contribution in [0.25, 0.3) is 0 Å². The molecule has 0 amide bonds. The van der Waals surface area contributed by atoms with Crippen molar-refractivity contribution in [3.8, 4) is 0 Å². The third kappa shape index (κ3) is 6.80. The number of halogens is 3. The molecule has 0 radical (unpaired) electrons. The van der Waals surface area contributed by atoms with Gasteiger partial charge in [-0.15, -0.1) is 0 Å². The van der Waals surface area contributed by atoms with Crippen LogP contribution in [0.5, 0.6) is 0 Å². The number of hydrogen-bond acceptors (Lipinski definition) is 2. The van der Waals surface area contributed by atoms with Gasteiger partial charge in [0.15, 0.2) is 0 Å². The van der Waals surface area contributed by atoms with Crippen molar-refractivity contribution in [2.24, 2.45) is 5.92 Å². The summed E-state index contributed by atoms with van der Waals surface area (Å²) in [6.45, 7) is 6.00. The average Bonchev–Trinajstić information content (AvgIpc) is 2.35. The molecule has 0 saturated carbocycles. The van der Waals surface area contributed by atoms with E-state index in [-0.39, 0.29) is 6.54 Å². The highest BCUT2D eigenvalue weighted by molar-refractivity contribution is 5.46. The first-order valence-corrected chi connectivity index (χ1v) is 6.85. The summed E-state index contributed by atoms with van der Waals surface area (Å²) in [6.07, 6.45) is -4.89. The van der Waals surface area contributed by atoms with Gasteiger partial charge in [-0.3, -0.25) is 0 Å². The van der Waals surface area contributed by atoms with Crippen LogP contribution in [0, 0.1) is 5.92 Å². The second-order valence-corrected chi connectivity index (χ2v) is 5.48. The summed E-state index contributed by atoms with van der Waals surface area (Å²) in [5, 5.41) is 3.33. The maximum atomic E-state index is 12.2. The predicted molar refractivity (Wildman–Crippen MR) is 76.9 cm³/mol. The highest BCUT2D eigenvalue weighted by Crippen LogP contribution is 2.21. The summed E-state index contributed by atoms with van der Waals surface area (Å²) < 4.78 is 36.5. The van der Waals surface area contributed by atoms with Crippen molar-refractivity contribution >= 4 is 5.69 Å². The van der Waals surface area contributed by atoms with Crippen LogP contribution in [0.3, 0.4) is 0 Å². The number of nitrogens with one attached hydrogen (secondary N) is 1. The zero-order valence-corrected chi connectivity index (χ0v) is 12.3. The lowest BCUT2D eigenvalue weighted by Crippen LogP contribution is -2.24. The molecule has 0 aromatic heterocycles. The first-order chi connectivity index (χ1) is 9.28. The predicted octanol–water partition coefficient (Wildman–Crippen LogP) is 3.82. The summed E-state index contributed by atoms with van der Waals surface area (Å²) in [5.74, 6) is 0.600. The third-order valence-corrected chi connectivity index (χ3v) is 2.99. The molecule has 2 nitrogen and oxygen atoms in total. The molecule has 0 unspecified atom stereocenters. The molecule has 0 spiro atoms. The Balaban J connectivity index is 2.45. The largest absolute Gasteiger partial charge is 0.390 e. The molecule has 1 rings (SSSR count).